The van der Waals surface area contributed by atoms with Gasteiger partial charge in [0.25, 0.3) is 0 Å². The molecule has 106 valence electrons. The largest absolute Gasteiger partial charge is 0.468 e. The van der Waals surface area contributed by atoms with Gasteiger partial charge < -0.3 is 14.2 Å². The fourth-order valence-corrected chi connectivity index (χ4v) is 2.09. The van der Waals surface area contributed by atoms with Gasteiger partial charge in [0.15, 0.2) is 0 Å². The van der Waals surface area contributed by atoms with Crippen LogP contribution in [0.4, 0.5) is 0 Å². The number of carbonyl (C=O) groups is 1. The number of carbonyl (C=O) groups excluding carboxylic acids is 1. The highest BCUT2D eigenvalue weighted by Gasteiger charge is 2.51. The van der Waals surface area contributed by atoms with Crippen LogP contribution >= 0.6 is 0 Å². The molecule has 1 aliphatic rings. The van der Waals surface area contributed by atoms with Crippen molar-refractivity contribution in [1.82, 2.24) is 5.32 Å². The van der Waals surface area contributed by atoms with Crippen LogP contribution in [-0.4, -0.2) is 52.1 Å². The molecule has 1 atom stereocenters. The van der Waals surface area contributed by atoms with Gasteiger partial charge in [-0.05, 0) is 31.7 Å². The first-order chi connectivity index (χ1) is 8.71. The molecular weight excluding hydrogens is 234 g/mol. The van der Waals surface area contributed by atoms with E-state index in [0.717, 1.165) is 25.8 Å². The van der Waals surface area contributed by atoms with Gasteiger partial charge in [0.2, 0.25) is 0 Å². The molecule has 5 nitrogen and oxygen atoms in total. The van der Waals surface area contributed by atoms with Crippen molar-refractivity contribution in [2.24, 2.45) is 5.92 Å². The number of nitrogens with one attached hydrogen (secondary N) is 1. The lowest BCUT2D eigenvalue weighted by Crippen LogP contribution is -2.58. The van der Waals surface area contributed by atoms with Gasteiger partial charge in [0.05, 0.1) is 26.9 Å². The van der Waals surface area contributed by atoms with Crippen molar-refractivity contribution >= 4 is 5.97 Å². The molecule has 1 saturated carbocycles. The van der Waals surface area contributed by atoms with E-state index in [0.29, 0.717) is 25.7 Å². The molecule has 5 heteroatoms. The molecule has 1 unspecified atom stereocenters. The van der Waals surface area contributed by atoms with Crippen molar-refractivity contribution in [3.05, 3.63) is 0 Å². The summed E-state index contributed by atoms with van der Waals surface area (Å²) >= 11 is 0. The summed E-state index contributed by atoms with van der Waals surface area (Å²) in [6.07, 6.45) is 3.09. The zero-order valence-corrected chi connectivity index (χ0v) is 11.7. The third-order valence-corrected chi connectivity index (χ3v) is 3.28. The van der Waals surface area contributed by atoms with Gasteiger partial charge in [0.1, 0.15) is 5.54 Å². The molecule has 0 aromatic rings. The van der Waals surface area contributed by atoms with Crippen LogP contribution in [0.1, 0.15) is 26.2 Å². The fourth-order valence-electron chi connectivity index (χ4n) is 2.09. The molecule has 18 heavy (non-hydrogen) atoms. The minimum atomic E-state index is -0.668. The third kappa shape index (κ3) is 3.93. The Morgan fingerprint density at radius 3 is 2.56 bits per heavy atom. The first kappa shape index (κ1) is 15.4. The minimum Gasteiger partial charge on any atom is -0.468 e. The van der Waals surface area contributed by atoms with E-state index in [1.54, 1.807) is 7.11 Å². The zero-order chi connectivity index (χ0) is 13.4. The second kappa shape index (κ2) is 7.71. The number of ether oxygens (including phenoxy) is 3. The average Bonchev–Trinajstić information content (AvgIpc) is 3.22. The molecule has 0 saturated heterocycles. The lowest BCUT2D eigenvalue weighted by Gasteiger charge is -2.32. The van der Waals surface area contributed by atoms with Gasteiger partial charge in [-0.25, -0.2) is 4.79 Å². The normalized spacial score (nSPS) is 18.4. The standard InChI is InChI=1S/C13H25NO4/c1-4-7-14-13(11-5-6-11,12(15)17-3)10-18-9-8-16-2/h11,14H,4-10H2,1-3H3. The van der Waals surface area contributed by atoms with Gasteiger partial charge in [-0.2, -0.15) is 0 Å². The van der Waals surface area contributed by atoms with E-state index in [2.05, 4.69) is 12.2 Å². The maximum atomic E-state index is 12.1. The molecule has 0 aromatic carbocycles. The van der Waals surface area contributed by atoms with E-state index >= 15 is 0 Å². The van der Waals surface area contributed by atoms with Gasteiger partial charge in [-0.3, -0.25) is 5.32 Å². The molecule has 0 aromatic heterocycles. The van der Waals surface area contributed by atoms with Crippen molar-refractivity contribution in [1.29, 1.82) is 0 Å². The predicted molar refractivity (Wildman–Crippen MR) is 68.5 cm³/mol. The quantitative estimate of drug-likeness (QED) is 0.468. The smallest absolute Gasteiger partial charge is 0.328 e. The van der Waals surface area contributed by atoms with Crippen LogP contribution in [0.5, 0.6) is 0 Å². The second-order valence-corrected chi connectivity index (χ2v) is 4.71. The molecule has 0 spiro atoms. The highest BCUT2D eigenvalue weighted by atomic mass is 16.5. The maximum Gasteiger partial charge on any atom is 0.328 e. The van der Waals surface area contributed by atoms with E-state index < -0.39 is 5.54 Å². The molecule has 0 amide bonds. The summed E-state index contributed by atoms with van der Waals surface area (Å²) in [6, 6.07) is 0. The van der Waals surface area contributed by atoms with E-state index in [4.69, 9.17) is 14.2 Å². The van der Waals surface area contributed by atoms with Crippen molar-refractivity contribution in [2.45, 2.75) is 31.7 Å². The predicted octanol–water partition coefficient (Wildman–Crippen LogP) is 0.971. The summed E-state index contributed by atoms with van der Waals surface area (Å²) in [5, 5.41) is 3.33. The van der Waals surface area contributed by atoms with Gasteiger partial charge in [0, 0.05) is 7.11 Å². The Bertz CT molecular complexity index is 255. The number of methoxy groups -OCH3 is 2. The van der Waals surface area contributed by atoms with Crippen molar-refractivity contribution < 1.29 is 19.0 Å². The SMILES string of the molecule is CCCNC(COCCOC)(C(=O)OC)C1CC1. The van der Waals surface area contributed by atoms with Crippen LogP contribution in [-0.2, 0) is 19.0 Å². The van der Waals surface area contributed by atoms with E-state index in [9.17, 15) is 4.79 Å². The van der Waals surface area contributed by atoms with E-state index in [-0.39, 0.29) is 5.97 Å². The molecule has 0 heterocycles. The molecule has 1 fully saturated rings. The topological polar surface area (TPSA) is 56.8 Å². The van der Waals surface area contributed by atoms with Crippen molar-refractivity contribution in [2.75, 3.05) is 40.6 Å². The Balaban J connectivity index is 2.60. The van der Waals surface area contributed by atoms with Crippen molar-refractivity contribution in [3.8, 4) is 0 Å². The summed E-state index contributed by atoms with van der Waals surface area (Å²) in [5.41, 5.74) is -0.668. The Morgan fingerprint density at radius 2 is 2.06 bits per heavy atom. The second-order valence-electron chi connectivity index (χ2n) is 4.71. The highest BCUT2D eigenvalue weighted by Crippen LogP contribution is 2.40. The molecule has 1 rings (SSSR count). The Kier molecular flexibility index (Phi) is 6.60. The highest BCUT2D eigenvalue weighted by molar-refractivity contribution is 5.82. The van der Waals surface area contributed by atoms with Crippen LogP contribution in [0.25, 0.3) is 0 Å². The van der Waals surface area contributed by atoms with E-state index in [1.165, 1.54) is 7.11 Å². The van der Waals surface area contributed by atoms with Crippen LogP contribution in [0.2, 0.25) is 0 Å². The van der Waals surface area contributed by atoms with Crippen molar-refractivity contribution in [3.63, 3.8) is 0 Å². The molecule has 0 aliphatic heterocycles. The third-order valence-electron chi connectivity index (χ3n) is 3.28. The first-order valence-corrected chi connectivity index (χ1v) is 6.61. The van der Waals surface area contributed by atoms with Gasteiger partial charge in [-0.1, -0.05) is 6.92 Å². The number of rotatable bonds is 10. The average molecular weight is 259 g/mol. The van der Waals surface area contributed by atoms with Crippen LogP contribution < -0.4 is 5.32 Å². The fraction of sp³-hybridized carbons (Fsp3) is 0.923. The zero-order valence-electron chi connectivity index (χ0n) is 11.7. The maximum absolute atomic E-state index is 12.1. The molecule has 0 bridgehead atoms. The van der Waals surface area contributed by atoms with Gasteiger partial charge in [-0.15, -0.1) is 0 Å². The lowest BCUT2D eigenvalue weighted by atomic mass is 9.94. The van der Waals surface area contributed by atoms with Crippen LogP contribution in [0, 0.1) is 5.92 Å². The summed E-state index contributed by atoms with van der Waals surface area (Å²) in [6.45, 7) is 4.26. The number of esters is 1. The minimum absolute atomic E-state index is 0.212. The Morgan fingerprint density at radius 1 is 1.33 bits per heavy atom. The first-order valence-electron chi connectivity index (χ1n) is 6.61. The number of hydrogen-bond donors (Lipinski definition) is 1. The molecule has 1 aliphatic carbocycles. The Hall–Kier alpha value is -0.650. The Labute approximate surface area is 109 Å². The van der Waals surface area contributed by atoms with E-state index in [1.807, 2.05) is 0 Å². The van der Waals surface area contributed by atoms with Crippen LogP contribution in [0.3, 0.4) is 0 Å². The van der Waals surface area contributed by atoms with Crippen LogP contribution in [0.15, 0.2) is 0 Å². The summed E-state index contributed by atoms with van der Waals surface area (Å²) in [5.74, 6) is 0.120. The monoisotopic (exact) mass is 259 g/mol. The number of hydrogen-bond acceptors (Lipinski definition) is 5. The summed E-state index contributed by atoms with van der Waals surface area (Å²) in [4.78, 5) is 12.1. The van der Waals surface area contributed by atoms with Gasteiger partial charge >= 0.3 is 5.97 Å². The summed E-state index contributed by atoms with van der Waals surface area (Å²) in [7, 11) is 3.06. The molecule has 1 N–H and O–H groups in total. The molecule has 0 radical (unpaired) electrons. The summed E-state index contributed by atoms with van der Waals surface area (Å²) < 4.78 is 15.5. The lowest BCUT2D eigenvalue weighted by molar-refractivity contribution is -0.153. The molecular formula is C13H25NO4.